The molecule has 6 heteroatoms. The van der Waals surface area contributed by atoms with Crippen LogP contribution < -0.4 is 4.90 Å². The molecule has 2 heterocycles. The van der Waals surface area contributed by atoms with E-state index in [9.17, 15) is 9.59 Å². The minimum absolute atomic E-state index is 0.427. The van der Waals surface area contributed by atoms with Gasteiger partial charge in [0.25, 0.3) is 11.7 Å². The van der Waals surface area contributed by atoms with E-state index in [1.807, 2.05) is 25.1 Å². The van der Waals surface area contributed by atoms with Gasteiger partial charge in [-0.2, -0.15) is 0 Å². The first kappa shape index (κ1) is 14.0. The number of thiophene rings is 1. The van der Waals surface area contributed by atoms with Crippen LogP contribution in [-0.2, 0) is 11.3 Å². The van der Waals surface area contributed by atoms with Gasteiger partial charge in [0.2, 0.25) is 0 Å². The Balaban J connectivity index is 2.06. The molecule has 0 N–H and O–H groups in total. The molecule has 3 rings (SSSR count). The molecule has 102 valence electrons. The molecule has 2 aromatic rings. The number of carbonyl (C=O) groups excluding carboxylic acids is 2. The third-order valence-electron chi connectivity index (χ3n) is 3.16. The molecule has 1 aromatic heterocycles. The Labute approximate surface area is 136 Å². The second kappa shape index (κ2) is 5.09. The molecular weight excluding hydrogens is 406 g/mol. The standard InChI is InChI=1S/C14H9Br2NO2S/c1-7-4-8(15)5-10-12(7)17(14(19)13(10)18)6-9-2-3-11(16)20-9/h2-5H,6H2,1H3. The smallest absolute Gasteiger partial charge is 0.299 e. The molecule has 0 spiro atoms. The van der Waals surface area contributed by atoms with Crippen LogP contribution in [0.2, 0.25) is 0 Å². The second-order valence-electron chi connectivity index (χ2n) is 4.55. The number of Topliss-reactive ketones (excluding diaryl/α,β-unsaturated/α-hetero) is 1. The fourth-order valence-electron chi connectivity index (χ4n) is 2.35. The quantitative estimate of drug-likeness (QED) is 0.686. The van der Waals surface area contributed by atoms with Crippen molar-refractivity contribution in [3.05, 3.63) is 48.5 Å². The van der Waals surface area contributed by atoms with Gasteiger partial charge in [-0.1, -0.05) is 15.9 Å². The molecule has 0 aliphatic carbocycles. The van der Waals surface area contributed by atoms with E-state index in [0.29, 0.717) is 12.1 Å². The lowest BCUT2D eigenvalue weighted by atomic mass is 10.1. The van der Waals surface area contributed by atoms with Crippen molar-refractivity contribution in [3.63, 3.8) is 0 Å². The van der Waals surface area contributed by atoms with Crippen LogP contribution in [0.25, 0.3) is 0 Å². The number of rotatable bonds is 2. The lowest BCUT2D eigenvalue weighted by Crippen LogP contribution is -2.29. The van der Waals surface area contributed by atoms with E-state index < -0.39 is 11.7 Å². The van der Waals surface area contributed by atoms with Crippen LogP contribution >= 0.6 is 43.2 Å². The summed E-state index contributed by atoms with van der Waals surface area (Å²) >= 11 is 8.34. The van der Waals surface area contributed by atoms with Crippen molar-refractivity contribution < 1.29 is 9.59 Å². The predicted octanol–water partition coefficient (Wildman–Crippen LogP) is 4.31. The van der Waals surface area contributed by atoms with Crippen LogP contribution in [0.1, 0.15) is 20.8 Å². The summed E-state index contributed by atoms with van der Waals surface area (Å²) in [5, 5.41) is 0. The van der Waals surface area contributed by atoms with Crippen molar-refractivity contribution >= 4 is 60.6 Å². The van der Waals surface area contributed by atoms with Gasteiger partial charge in [-0.05, 0) is 52.7 Å². The zero-order valence-corrected chi connectivity index (χ0v) is 14.4. The van der Waals surface area contributed by atoms with Crippen molar-refractivity contribution in [2.75, 3.05) is 4.90 Å². The van der Waals surface area contributed by atoms with Crippen molar-refractivity contribution in [2.24, 2.45) is 0 Å². The monoisotopic (exact) mass is 413 g/mol. The number of anilines is 1. The summed E-state index contributed by atoms with van der Waals surface area (Å²) in [7, 11) is 0. The number of hydrogen-bond acceptors (Lipinski definition) is 3. The van der Waals surface area contributed by atoms with E-state index in [1.54, 1.807) is 22.3 Å². The molecule has 20 heavy (non-hydrogen) atoms. The zero-order chi connectivity index (χ0) is 14.4. The van der Waals surface area contributed by atoms with E-state index >= 15 is 0 Å². The van der Waals surface area contributed by atoms with Crippen LogP contribution in [0, 0.1) is 6.92 Å². The van der Waals surface area contributed by atoms with Crippen LogP contribution in [0.4, 0.5) is 5.69 Å². The van der Waals surface area contributed by atoms with Gasteiger partial charge in [-0.25, -0.2) is 0 Å². The highest BCUT2D eigenvalue weighted by Crippen LogP contribution is 2.36. The SMILES string of the molecule is Cc1cc(Br)cc2c1N(Cc1ccc(Br)s1)C(=O)C2=O. The van der Waals surface area contributed by atoms with E-state index in [2.05, 4.69) is 31.9 Å². The molecule has 1 aromatic carbocycles. The maximum Gasteiger partial charge on any atom is 0.299 e. The molecule has 1 aliphatic rings. The Kier molecular flexibility index (Phi) is 3.56. The minimum atomic E-state index is -0.453. The van der Waals surface area contributed by atoms with Gasteiger partial charge < -0.3 is 0 Å². The van der Waals surface area contributed by atoms with Gasteiger partial charge in [-0.15, -0.1) is 11.3 Å². The van der Waals surface area contributed by atoms with Crippen molar-refractivity contribution in [1.82, 2.24) is 0 Å². The van der Waals surface area contributed by atoms with Gasteiger partial charge in [0, 0.05) is 9.35 Å². The number of benzene rings is 1. The van der Waals surface area contributed by atoms with Gasteiger partial charge in [-0.3, -0.25) is 14.5 Å². The molecule has 0 radical (unpaired) electrons. The largest absolute Gasteiger partial charge is 0.299 e. The van der Waals surface area contributed by atoms with E-state index in [-0.39, 0.29) is 0 Å². The van der Waals surface area contributed by atoms with E-state index in [0.717, 1.165) is 24.4 Å². The summed E-state index contributed by atoms with van der Waals surface area (Å²) < 4.78 is 1.83. The third kappa shape index (κ3) is 2.25. The first-order chi connectivity index (χ1) is 9.47. The highest BCUT2D eigenvalue weighted by Gasteiger charge is 2.37. The maximum atomic E-state index is 12.2. The molecule has 0 unspecified atom stereocenters. The molecule has 1 aliphatic heterocycles. The minimum Gasteiger partial charge on any atom is -0.299 e. The topological polar surface area (TPSA) is 37.4 Å². The highest BCUT2D eigenvalue weighted by molar-refractivity contribution is 9.11. The Hall–Kier alpha value is -0.980. The van der Waals surface area contributed by atoms with Crippen molar-refractivity contribution in [2.45, 2.75) is 13.5 Å². The molecule has 0 saturated carbocycles. The zero-order valence-electron chi connectivity index (χ0n) is 10.4. The highest BCUT2D eigenvalue weighted by atomic mass is 79.9. The summed E-state index contributed by atoms with van der Waals surface area (Å²) in [6, 6.07) is 7.53. The van der Waals surface area contributed by atoms with Crippen LogP contribution in [0.3, 0.4) is 0 Å². The molecule has 1 amide bonds. The summed E-state index contributed by atoms with van der Waals surface area (Å²) in [4.78, 5) is 26.9. The number of nitrogens with zero attached hydrogens (tertiary/aromatic N) is 1. The van der Waals surface area contributed by atoms with Gasteiger partial charge in [0.05, 0.1) is 21.6 Å². The normalized spacial score (nSPS) is 14.1. The number of ketones is 1. The Morgan fingerprint density at radius 3 is 2.60 bits per heavy atom. The molecule has 0 saturated heterocycles. The van der Waals surface area contributed by atoms with Crippen LogP contribution in [-0.4, -0.2) is 11.7 Å². The molecule has 0 atom stereocenters. The summed E-state index contributed by atoms with van der Waals surface area (Å²) in [6.07, 6.45) is 0. The first-order valence-electron chi connectivity index (χ1n) is 5.88. The number of aryl methyl sites for hydroxylation is 1. The van der Waals surface area contributed by atoms with Crippen molar-refractivity contribution in [1.29, 1.82) is 0 Å². The van der Waals surface area contributed by atoms with E-state index in [1.165, 1.54) is 0 Å². The number of carbonyl (C=O) groups is 2. The Morgan fingerprint density at radius 1 is 1.20 bits per heavy atom. The van der Waals surface area contributed by atoms with Crippen molar-refractivity contribution in [3.8, 4) is 0 Å². The molecular formula is C14H9Br2NO2S. The lowest BCUT2D eigenvalue weighted by Gasteiger charge is -2.17. The predicted molar refractivity (Wildman–Crippen MR) is 86.4 cm³/mol. The van der Waals surface area contributed by atoms with Gasteiger partial charge >= 0.3 is 0 Å². The van der Waals surface area contributed by atoms with Gasteiger partial charge in [0.1, 0.15) is 0 Å². The number of amides is 1. The Morgan fingerprint density at radius 2 is 1.95 bits per heavy atom. The molecule has 0 fully saturated rings. The molecule has 3 nitrogen and oxygen atoms in total. The van der Waals surface area contributed by atoms with Crippen LogP contribution in [0.15, 0.2) is 32.5 Å². The van der Waals surface area contributed by atoms with E-state index in [4.69, 9.17) is 0 Å². The maximum absolute atomic E-state index is 12.2. The first-order valence-corrected chi connectivity index (χ1v) is 8.28. The number of hydrogen-bond donors (Lipinski definition) is 0. The lowest BCUT2D eigenvalue weighted by molar-refractivity contribution is -0.114. The molecule has 0 bridgehead atoms. The Bertz CT molecular complexity index is 739. The summed E-state index contributed by atoms with van der Waals surface area (Å²) in [6.45, 7) is 2.34. The average molecular weight is 415 g/mol. The summed E-state index contributed by atoms with van der Waals surface area (Å²) in [5.74, 6) is -0.884. The number of fused-ring (bicyclic) bond motifs is 1. The fourth-order valence-corrected chi connectivity index (χ4v) is 4.39. The van der Waals surface area contributed by atoms with Gasteiger partial charge in [0.15, 0.2) is 0 Å². The van der Waals surface area contributed by atoms with Crippen LogP contribution in [0.5, 0.6) is 0 Å². The third-order valence-corrected chi connectivity index (χ3v) is 5.23. The fraction of sp³-hybridized carbons (Fsp3) is 0.143. The number of halogens is 2. The average Bonchev–Trinajstić information content (AvgIpc) is 2.88. The summed E-state index contributed by atoms with van der Waals surface area (Å²) in [5.41, 5.74) is 2.13. The second-order valence-corrected chi connectivity index (χ2v) is 8.01.